The molecule has 0 amide bonds. The van der Waals surface area contributed by atoms with Crippen molar-refractivity contribution in [2.24, 2.45) is 5.41 Å². The standard InChI is InChI=1S/C23H23ClFN9/c1-22(2,10-26)33-8-15-5-16(24)3-4-18(15)34-19(9-33)29-30-21(34)32-13-23(14-32)11-31(12-23)20-27-6-17(25)7-28-20/h3-7H,8-9,11-14H2,1-2H3. The van der Waals surface area contributed by atoms with Gasteiger partial charge in [-0.15, -0.1) is 10.2 Å². The van der Waals surface area contributed by atoms with E-state index >= 15 is 0 Å². The van der Waals surface area contributed by atoms with Crippen molar-refractivity contribution in [2.75, 3.05) is 36.0 Å². The van der Waals surface area contributed by atoms with Crippen LogP contribution in [-0.4, -0.2) is 61.4 Å². The van der Waals surface area contributed by atoms with Crippen molar-refractivity contribution in [3.63, 3.8) is 0 Å². The molecule has 2 saturated heterocycles. The van der Waals surface area contributed by atoms with Crippen molar-refractivity contribution >= 4 is 23.5 Å². The lowest BCUT2D eigenvalue weighted by Gasteiger charge is -2.60. The van der Waals surface area contributed by atoms with Crippen LogP contribution in [0.3, 0.4) is 0 Å². The van der Waals surface area contributed by atoms with Gasteiger partial charge in [0.1, 0.15) is 5.54 Å². The highest BCUT2D eigenvalue weighted by atomic mass is 35.5. The van der Waals surface area contributed by atoms with Gasteiger partial charge < -0.3 is 9.80 Å². The number of hydrogen-bond acceptors (Lipinski definition) is 8. The van der Waals surface area contributed by atoms with Gasteiger partial charge in [-0.1, -0.05) is 11.6 Å². The number of fused-ring (bicyclic) bond motifs is 3. The van der Waals surface area contributed by atoms with Crippen molar-refractivity contribution in [3.8, 4) is 11.8 Å². The van der Waals surface area contributed by atoms with Crippen molar-refractivity contribution in [3.05, 3.63) is 52.8 Å². The normalized spacial score (nSPS) is 19.0. The third-order valence-electron chi connectivity index (χ3n) is 7.03. The Labute approximate surface area is 201 Å². The van der Waals surface area contributed by atoms with Crippen LogP contribution < -0.4 is 9.80 Å². The molecule has 0 saturated carbocycles. The molecule has 174 valence electrons. The Hall–Kier alpha value is -3.29. The lowest BCUT2D eigenvalue weighted by molar-refractivity contribution is 0.147. The second kappa shape index (κ2) is 7.35. The zero-order valence-corrected chi connectivity index (χ0v) is 19.7. The largest absolute Gasteiger partial charge is 0.339 e. The summed E-state index contributed by atoms with van der Waals surface area (Å²) in [6, 6.07) is 8.24. The Morgan fingerprint density at radius 1 is 1.06 bits per heavy atom. The average Bonchev–Trinajstić information content (AvgIpc) is 3.08. The number of benzene rings is 1. The van der Waals surface area contributed by atoms with Gasteiger partial charge in [0.05, 0.1) is 30.7 Å². The second-order valence-corrected chi connectivity index (χ2v) is 10.4. The molecule has 1 aromatic carbocycles. The minimum atomic E-state index is -0.667. The fourth-order valence-electron chi connectivity index (χ4n) is 5.14. The topological polar surface area (TPSA) is 90.0 Å². The van der Waals surface area contributed by atoms with Gasteiger partial charge in [-0.05, 0) is 37.6 Å². The van der Waals surface area contributed by atoms with E-state index in [4.69, 9.17) is 11.6 Å². The first-order chi connectivity index (χ1) is 16.3. The van der Waals surface area contributed by atoms with Crippen LogP contribution in [0.25, 0.3) is 5.69 Å². The van der Waals surface area contributed by atoms with E-state index in [-0.39, 0.29) is 5.41 Å². The van der Waals surface area contributed by atoms with E-state index in [2.05, 4.69) is 45.5 Å². The van der Waals surface area contributed by atoms with E-state index in [0.717, 1.165) is 49.2 Å². The number of halogens is 2. The van der Waals surface area contributed by atoms with Crippen molar-refractivity contribution in [1.29, 1.82) is 5.26 Å². The third kappa shape index (κ3) is 3.30. The van der Waals surface area contributed by atoms with Gasteiger partial charge in [0.15, 0.2) is 11.6 Å². The maximum Gasteiger partial charge on any atom is 0.231 e. The Bertz CT molecular complexity index is 1300. The van der Waals surface area contributed by atoms with Gasteiger partial charge in [0.2, 0.25) is 11.9 Å². The molecule has 9 nitrogen and oxygen atoms in total. The van der Waals surface area contributed by atoms with Gasteiger partial charge in [-0.2, -0.15) is 5.26 Å². The average molecular weight is 480 g/mol. The van der Waals surface area contributed by atoms with E-state index in [9.17, 15) is 9.65 Å². The molecule has 3 aliphatic heterocycles. The molecule has 5 heterocycles. The molecule has 6 rings (SSSR count). The van der Waals surface area contributed by atoms with E-state index in [1.807, 2.05) is 32.0 Å². The lowest BCUT2D eigenvalue weighted by atomic mass is 9.73. The fraction of sp³-hybridized carbons (Fsp3) is 0.435. The first kappa shape index (κ1) is 21.3. The van der Waals surface area contributed by atoms with Crippen LogP contribution in [0.1, 0.15) is 25.2 Å². The number of rotatable bonds is 3. The summed E-state index contributed by atoms with van der Waals surface area (Å²) in [5, 5.41) is 19.5. The zero-order valence-electron chi connectivity index (χ0n) is 18.9. The molecule has 0 radical (unpaired) electrons. The number of nitriles is 1. The van der Waals surface area contributed by atoms with E-state index < -0.39 is 11.4 Å². The van der Waals surface area contributed by atoms with Gasteiger partial charge in [0, 0.05) is 43.2 Å². The quantitative estimate of drug-likeness (QED) is 0.566. The Morgan fingerprint density at radius 2 is 1.76 bits per heavy atom. The van der Waals surface area contributed by atoms with E-state index in [1.165, 1.54) is 12.4 Å². The zero-order chi connectivity index (χ0) is 23.7. The van der Waals surface area contributed by atoms with Crippen LogP contribution in [0.5, 0.6) is 0 Å². The Morgan fingerprint density at radius 3 is 2.47 bits per heavy atom. The summed E-state index contributed by atoms with van der Waals surface area (Å²) >= 11 is 6.33. The molecule has 3 aliphatic rings. The smallest absolute Gasteiger partial charge is 0.231 e. The van der Waals surface area contributed by atoms with Crippen molar-refractivity contribution in [2.45, 2.75) is 32.5 Å². The van der Waals surface area contributed by atoms with E-state index in [1.54, 1.807) is 0 Å². The highest BCUT2D eigenvalue weighted by Crippen LogP contribution is 2.43. The molecule has 0 N–H and O–H groups in total. The predicted molar refractivity (Wildman–Crippen MR) is 124 cm³/mol. The van der Waals surface area contributed by atoms with Gasteiger partial charge in [-0.25, -0.2) is 14.4 Å². The first-order valence-corrected chi connectivity index (χ1v) is 11.5. The highest BCUT2D eigenvalue weighted by molar-refractivity contribution is 6.30. The number of anilines is 2. The molecular formula is C23H23ClFN9. The van der Waals surface area contributed by atoms with Gasteiger partial charge in [0.25, 0.3) is 0 Å². The lowest BCUT2D eigenvalue weighted by Crippen LogP contribution is -2.73. The van der Waals surface area contributed by atoms with Crippen LogP contribution in [0, 0.1) is 22.6 Å². The van der Waals surface area contributed by atoms with Crippen molar-refractivity contribution < 1.29 is 4.39 Å². The summed E-state index contributed by atoms with van der Waals surface area (Å²) in [5.74, 6) is 1.74. The molecule has 2 fully saturated rings. The number of aromatic nitrogens is 5. The molecule has 3 aromatic rings. The molecule has 2 aromatic heterocycles. The Balaban J connectivity index is 1.26. The van der Waals surface area contributed by atoms with Gasteiger partial charge in [-0.3, -0.25) is 9.47 Å². The maximum absolute atomic E-state index is 13.1. The van der Waals surface area contributed by atoms with Gasteiger partial charge >= 0.3 is 0 Å². The second-order valence-electron chi connectivity index (χ2n) is 9.96. The van der Waals surface area contributed by atoms with Crippen molar-refractivity contribution in [1.82, 2.24) is 29.6 Å². The third-order valence-corrected chi connectivity index (χ3v) is 7.27. The Kier molecular flexibility index (Phi) is 4.60. The minimum absolute atomic E-state index is 0.145. The minimum Gasteiger partial charge on any atom is -0.339 e. The predicted octanol–water partition coefficient (Wildman–Crippen LogP) is 2.79. The molecule has 11 heteroatoms. The van der Waals surface area contributed by atoms with Crippen LogP contribution in [0.4, 0.5) is 16.3 Å². The van der Waals surface area contributed by atoms with Crippen LogP contribution in [0.15, 0.2) is 30.6 Å². The monoisotopic (exact) mass is 479 g/mol. The van der Waals surface area contributed by atoms with E-state index in [0.29, 0.717) is 24.1 Å². The SMILES string of the molecule is CC(C)(C#N)N1Cc2cc(Cl)ccc2-n2c(nnc2N2CC3(CN(c4ncc(F)cn4)C3)C2)C1. The fourth-order valence-corrected chi connectivity index (χ4v) is 5.33. The summed E-state index contributed by atoms with van der Waals surface area (Å²) in [5.41, 5.74) is 1.51. The highest BCUT2D eigenvalue weighted by Gasteiger charge is 2.54. The molecular weight excluding hydrogens is 457 g/mol. The molecule has 34 heavy (non-hydrogen) atoms. The van der Waals surface area contributed by atoms with Crippen LogP contribution >= 0.6 is 11.6 Å². The summed E-state index contributed by atoms with van der Waals surface area (Å²) in [6.45, 7) is 8.27. The van der Waals surface area contributed by atoms with Crippen LogP contribution in [0.2, 0.25) is 5.02 Å². The molecule has 0 atom stereocenters. The summed E-state index contributed by atoms with van der Waals surface area (Å²) in [6.07, 6.45) is 2.40. The molecule has 0 aliphatic carbocycles. The molecule has 0 bridgehead atoms. The molecule has 1 spiro atoms. The molecule has 0 unspecified atom stereocenters. The summed E-state index contributed by atoms with van der Waals surface area (Å²) < 4.78 is 15.2. The number of nitrogens with zero attached hydrogens (tertiary/aromatic N) is 9. The summed E-state index contributed by atoms with van der Waals surface area (Å²) in [4.78, 5) is 14.6. The number of hydrogen-bond donors (Lipinski definition) is 0. The summed E-state index contributed by atoms with van der Waals surface area (Å²) in [7, 11) is 0. The van der Waals surface area contributed by atoms with Crippen LogP contribution in [-0.2, 0) is 13.1 Å². The first-order valence-electron chi connectivity index (χ1n) is 11.1. The maximum atomic E-state index is 13.1.